The van der Waals surface area contributed by atoms with Crippen LogP contribution in [0.4, 0.5) is 0 Å². The molecular weight excluding hydrogens is 266 g/mol. The number of nitrogens with one attached hydrogen (secondary N) is 1. The highest BCUT2D eigenvalue weighted by atomic mass is 32.2. The Balaban J connectivity index is 2.30. The molecule has 0 bridgehead atoms. The van der Waals surface area contributed by atoms with Gasteiger partial charge in [-0.15, -0.1) is 11.8 Å². The first-order valence-electron chi connectivity index (χ1n) is 5.85. The van der Waals surface area contributed by atoms with E-state index < -0.39 is 18.6 Å². The number of carboxylic acid groups (broad SMARTS) is 1. The highest BCUT2D eigenvalue weighted by molar-refractivity contribution is 7.99. The van der Waals surface area contributed by atoms with Crippen molar-refractivity contribution in [2.24, 2.45) is 0 Å². The zero-order chi connectivity index (χ0) is 14.3. The number of rotatable bonds is 7. The fourth-order valence-corrected chi connectivity index (χ4v) is 2.20. The lowest BCUT2D eigenvalue weighted by atomic mass is 10.2. The molecule has 0 heterocycles. The highest BCUT2D eigenvalue weighted by Crippen LogP contribution is 2.18. The second-order valence-electron chi connectivity index (χ2n) is 4.05. The number of thioether (sulfide) groups is 1. The van der Waals surface area contributed by atoms with Crippen LogP contribution in [0.5, 0.6) is 0 Å². The van der Waals surface area contributed by atoms with Crippen molar-refractivity contribution in [2.45, 2.75) is 24.3 Å². The van der Waals surface area contributed by atoms with Gasteiger partial charge in [0.1, 0.15) is 6.04 Å². The lowest BCUT2D eigenvalue weighted by molar-refractivity contribution is -0.142. The molecule has 19 heavy (non-hydrogen) atoms. The van der Waals surface area contributed by atoms with Crippen LogP contribution in [0.25, 0.3) is 0 Å². The Morgan fingerprint density at radius 2 is 1.95 bits per heavy atom. The third-order valence-corrected chi connectivity index (χ3v) is 3.45. The lowest BCUT2D eigenvalue weighted by Crippen LogP contribution is -2.43. The summed E-state index contributed by atoms with van der Waals surface area (Å²) >= 11 is 1.53. The average Bonchev–Trinajstić information content (AvgIpc) is 2.38. The Kier molecular flexibility index (Phi) is 6.38. The van der Waals surface area contributed by atoms with Crippen LogP contribution in [-0.4, -0.2) is 40.5 Å². The van der Waals surface area contributed by atoms with Crippen LogP contribution in [0.1, 0.15) is 12.0 Å². The van der Waals surface area contributed by atoms with Crippen LogP contribution in [0.15, 0.2) is 29.2 Å². The quantitative estimate of drug-likeness (QED) is 0.651. The summed E-state index contributed by atoms with van der Waals surface area (Å²) in [6.45, 7) is 1.40. The molecule has 5 nitrogen and oxygen atoms in total. The third kappa shape index (κ3) is 5.76. The molecule has 0 spiro atoms. The zero-order valence-corrected chi connectivity index (χ0v) is 11.4. The molecule has 0 aliphatic heterocycles. The van der Waals surface area contributed by atoms with Crippen molar-refractivity contribution >= 4 is 23.6 Å². The average molecular weight is 283 g/mol. The Bertz CT molecular complexity index is 433. The molecule has 1 amide bonds. The monoisotopic (exact) mass is 283 g/mol. The molecule has 0 radical (unpaired) electrons. The Morgan fingerprint density at radius 1 is 1.32 bits per heavy atom. The number of aliphatic hydroxyl groups is 1. The predicted molar refractivity (Wildman–Crippen MR) is 73.2 cm³/mol. The number of carbonyl (C=O) groups excluding carboxylic acids is 1. The van der Waals surface area contributed by atoms with Gasteiger partial charge < -0.3 is 15.5 Å². The van der Waals surface area contributed by atoms with E-state index in [2.05, 4.69) is 5.32 Å². The minimum Gasteiger partial charge on any atom is -0.480 e. The molecular formula is C13H17NO4S. The number of hydrogen-bond donors (Lipinski definition) is 3. The fourth-order valence-electron chi connectivity index (χ4n) is 1.35. The van der Waals surface area contributed by atoms with Crippen molar-refractivity contribution in [3.05, 3.63) is 29.8 Å². The van der Waals surface area contributed by atoms with Gasteiger partial charge in [0, 0.05) is 17.1 Å². The van der Waals surface area contributed by atoms with Gasteiger partial charge in [-0.1, -0.05) is 17.7 Å². The number of carboxylic acids is 1. The number of benzene rings is 1. The normalized spacial score (nSPS) is 11.9. The summed E-state index contributed by atoms with van der Waals surface area (Å²) in [5.74, 6) is -1.05. The van der Waals surface area contributed by atoms with Gasteiger partial charge in [-0.25, -0.2) is 4.79 Å². The summed E-state index contributed by atoms with van der Waals surface area (Å²) in [5.41, 5.74) is 1.18. The van der Waals surface area contributed by atoms with Gasteiger partial charge in [-0.3, -0.25) is 4.79 Å². The van der Waals surface area contributed by atoms with E-state index in [1.165, 1.54) is 17.3 Å². The smallest absolute Gasteiger partial charge is 0.328 e. The van der Waals surface area contributed by atoms with Crippen LogP contribution in [0.3, 0.4) is 0 Å². The van der Waals surface area contributed by atoms with E-state index in [0.717, 1.165) is 4.90 Å². The molecule has 1 aromatic carbocycles. The second kappa shape index (κ2) is 7.81. The molecule has 1 rings (SSSR count). The first-order chi connectivity index (χ1) is 9.02. The van der Waals surface area contributed by atoms with E-state index >= 15 is 0 Å². The van der Waals surface area contributed by atoms with Crippen molar-refractivity contribution < 1.29 is 19.8 Å². The number of aliphatic hydroxyl groups excluding tert-OH is 1. The molecule has 0 unspecified atom stereocenters. The SMILES string of the molecule is Cc1ccc(SCCC(=O)N[C@H](CO)C(=O)O)cc1. The van der Waals surface area contributed by atoms with Gasteiger partial charge in [-0.2, -0.15) is 0 Å². The molecule has 0 aliphatic rings. The van der Waals surface area contributed by atoms with Gasteiger partial charge >= 0.3 is 5.97 Å². The summed E-state index contributed by atoms with van der Waals surface area (Å²) in [5, 5.41) is 19.7. The van der Waals surface area contributed by atoms with E-state index in [0.29, 0.717) is 5.75 Å². The van der Waals surface area contributed by atoms with Crippen LogP contribution in [0.2, 0.25) is 0 Å². The standard InChI is InChI=1S/C13H17NO4S/c1-9-2-4-10(5-3-9)19-7-6-12(16)14-11(8-15)13(17)18/h2-5,11,15H,6-8H2,1H3,(H,14,16)(H,17,18)/t11-/m1/s1. The molecule has 0 fully saturated rings. The van der Waals surface area contributed by atoms with E-state index in [1.807, 2.05) is 31.2 Å². The summed E-state index contributed by atoms with van der Waals surface area (Å²) in [6, 6.07) is 6.72. The number of aryl methyl sites for hydroxylation is 1. The zero-order valence-electron chi connectivity index (χ0n) is 10.6. The summed E-state index contributed by atoms with van der Waals surface area (Å²) in [6.07, 6.45) is 0.211. The maximum Gasteiger partial charge on any atom is 0.328 e. The van der Waals surface area contributed by atoms with Crippen LogP contribution >= 0.6 is 11.8 Å². The summed E-state index contributed by atoms with van der Waals surface area (Å²) in [4.78, 5) is 23.1. The number of amides is 1. The molecule has 6 heteroatoms. The van der Waals surface area contributed by atoms with E-state index in [1.54, 1.807) is 0 Å². The van der Waals surface area contributed by atoms with Crippen molar-refractivity contribution in [1.82, 2.24) is 5.32 Å². The van der Waals surface area contributed by atoms with Crippen LogP contribution < -0.4 is 5.32 Å². The van der Waals surface area contributed by atoms with Crippen LogP contribution in [-0.2, 0) is 9.59 Å². The van der Waals surface area contributed by atoms with Gasteiger partial charge in [-0.05, 0) is 19.1 Å². The predicted octanol–water partition coefficient (Wildman–Crippen LogP) is 1.04. The summed E-state index contributed by atoms with van der Waals surface area (Å²) in [7, 11) is 0. The maximum atomic E-state index is 11.5. The molecule has 0 aromatic heterocycles. The molecule has 0 aliphatic carbocycles. The minimum absolute atomic E-state index is 0.211. The van der Waals surface area contributed by atoms with Crippen LogP contribution in [0, 0.1) is 6.92 Å². The van der Waals surface area contributed by atoms with Crippen molar-refractivity contribution in [3.63, 3.8) is 0 Å². The summed E-state index contributed by atoms with van der Waals surface area (Å²) < 4.78 is 0. The van der Waals surface area contributed by atoms with Crippen molar-refractivity contribution in [3.8, 4) is 0 Å². The fraction of sp³-hybridized carbons (Fsp3) is 0.385. The van der Waals surface area contributed by atoms with Crippen molar-refractivity contribution in [2.75, 3.05) is 12.4 Å². The number of carbonyl (C=O) groups is 2. The first-order valence-corrected chi connectivity index (χ1v) is 6.84. The van der Waals surface area contributed by atoms with Crippen molar-refractivity contribution in [1.29, 1.82) is 0 Å². The molecule has 1 atom stereocenters. The van der Waals surface area contributed by atoms with E-state index in [9.17, 15) is 9.59 Å². The third-order valence-electron chi connectivity index (χ3n) is 2.43. The molecule has 0 saturated carbocycles. The highest BCUT2D eigenvalue weighted by Gasteiger charge is 2.18. The minimum atomic E-state index is -1.23. The maximum absolute atomic E-state index is 11.5. The van der Waals surface area contributed by atoms with Gasteiger partial charge in [0.2, 0.25) is 5.91 Å². The second-order valence-corrected chi connectivity index (χ2v) is 5.22. The first kappa shape index (κ1) is 15.5. The van der Waals surface area contributed by atoms with E-state index in [4.69, 9.17) is 10.2 Å². The van der Waals surface area contributed by atoms with Gasteiger partial charge in [0.05, 0.1) is 6.61 Å². The Morgan fingerprint density at radius 3 is 2.47 bits per heavy atom. The van der Waals surface area contributed by atoms with E-state index in [-0.39, 0.29) is 12.3 Å². The largest absolute Gasteiger partial charge is 0.480 e. The van der Waals surface area contributed by atoms with Gasteiger partial charge in [0.25, 0.3) is 0 Å². The molecule has 0 saturated heterocycles. The van der Waals surface area contributed by atoms with Gasteiger partial charge in [0.15, 0.2) is 0 Å². The number of aliphatic carboxylic acids is 1. The lowest BCUT2D eigenvalue weighted by Gasteiger charge is -2.11. The Hall–Kier alpha value is -1.53. The Labute approximate surface area is 116 Å². The topological polar surface area (TPSA) is 86.6 Å². The molecule has 1 aromatic rings. The molecule has 3 N–H and O–H groups in total. The molecule has 104 valence electrons. The number of hydrogen-bond acceptors (Lipinski definition) is 4.